The van der Waals surface area contributed by atoms with E-state index in [0.29, 0.717) is 6.54 Å². The van der Waals surface area contributed by atoms with Gasteiger partial charge in [0.1, 0.15) is 0 Å². The first-order chi connectivity index (χ1) is 9.47. The van der Waals surface area contributed by atoms with Crippen LogP contribution in [0.3, 0.4) is 0 Å². The van der Waals surface area contributed by atoms with Gasteiger partial charge in [-0.1, -0.05) is 5.21 Å². The maximum absolute atomic E-state index is 12.2. The lowest BCUT2D eigenvalue weighted by Gasteiger charge is -2.05. The molecule has 0 amide bonds. The molecule has 1 aliphatic rings. The number of aryl methyl sites for hydroxylation is 3. The smallest absolute Gasteiger partial charge is 0.235 e. The van der Waals surface area contributed by atoms with Crippen LogP contribution in [0.4, 0.5) is 0 Å². The second-order valence-corrected chi connectivity index (χ2v) is 8.30. The van der Waals surface area contributed by atoms with Crippen molar-refractivity contribution < 1.29 is 8.42 Å². The molecule has 0 saturated carbocycles. The zero-order valence-corrected chi connectivity index (χ0v) is 14.0. The first kappa shape index (κ1) is 14.2. The third-order valence-electron chi connectivity index (χ3n) is 3.23. The van der Waals surface area contributed by atoms with Gasteiger partial charge in [-0.2, -0.15) is 0 Å². The van der Waals surface area contributed by atoms with E-state index in [2.05, 4.69) is 37.0 Å². The number of fused-ring (bicyclic) bond motifs is 1. The van der Waals surface area contributed by atoms with E-state index in [9.17, 15) is 8.42 Å². The lowest BCUT2D eigenvalue weighted by atomic mass is 10.2. The molecular weight excluding hydrogens is 364 g/mol. The quantitative estimate of drug-likeness (QED) is 0.878. The Morgan fingerprint density at radius 1 is 1.50 bits per heavy atom. The molecule has 2 aromatic rings. The molecule has 108 valence electrons. The molecule has 1 aliphatic carbocycles. The maximum Gasteiger partial charge on any atom is 0.260 e. The largest absolute Gasteiger partial charge is 0.260 e. The Bertz CT molecular complexity index is 710. The Morgan fingerprint density at radius 2 is 2.30 bits per heavy atom. The van der Waals surface area contributed by atoms with E-state index < -0.39 is 10.0 Å². The minimum absolute atomic E-state index is 0.0431. The number of thiophene rings is 1. The van der Waals surface area contributed by atoms with E-state index in [1.807, 2.05) is 0 Å². The molecule has 0 atom stereocenters. The van der Waals surface area contributed by atoms with Gasteiger partial charge in [-0.25, -0.2) is 17.8 Å². The average molecular weight is 377 g/mol. The van der Waals surface area contributed by atoms with Crippen LogP contribution >= 0.6 is 27.3 Å². The molecule has 2 heterocycles. The third-order valence-corrected chi connectivity index (χ3v) is 6.75. The average Bonchev–Trinajstić information content (AvgIpc) is 3.01. The van der Waals surface area contributed by atoms with Gasteiger partial charge in [0.25, 0.3) is 10.0 Å². The van der Waals surface area contributed by atoms with E-state index in [1.54, 1.807) is 18.4 Å². The lowest BCUT2D eigenvalue weighted by molar-refractivity contribution is 0.560. The van der Waals surface area contributed by atoms with Crippen LogP contribution in [0.1, 0.15) is 21.7 Å². The van der Waals surface area contributed by atoms with Crippen molar-refractivity contribution >= 4 is 37.3 Å². The monoisotopic (exact) mass is 376 g/mol. The fraction of sp³-hybridized carbons (Fsp3) is 0.455. The molecule has 0 aromatic carbocycles. The van der Waals surface area contributed by atoms with Crippen molar-refractivity contribution in [3.05, 3.63) is 26.0 Å². The summed E-state index contributed by atoms with van der Waals surface area (Å²) in [5, 5.41) is 7.42. The van der Waals surface area contributed by atoms with E-state index >= 15 is 0 Å². The molecule has 3 rings (SSSR count). The molecule has 9 heteroatoms. The van der Waals surface area contributed by atoms with Crippen LogP contribution < -0.4 is 4.72 Å². The molecule has 0 bridgehead atoms. The fourth-order valence-electron chi connectivity index (χ4n) is 2.32. The van der Waals surface area contributed by atoms with Crippen molar-refractivity contribution in [3.63, 3.8) is 0 Å². The van der Waals surface area contributed by atoms with E-state index in [1.165, 1.54) is 21.5 Å². The second kappa shape index (κ2) is 5.21. The maximum atomic E-state index is 12.2. The topological polar surface area (TPSA) is 76.9 Å². The van der Waals surface area contributed by atoms with Gasteiger partial charge in [0.05, 0.1) is 0 Å². The molecule has 0 unspecified atom stereocenters. The molecule has 0 saturated heterocycles. The number of aromatic nitrogens is 3. The molecule has 0 aliphatic heterocycles. The minimum Gasteiger partial charge on any atom is -0.235 e. The van der Waals surface area contributed by atoms with Gasteiger partial charge in [-0.15, -0.1) is 16.4 Å². The Hall–Kier alpha value is -0.770. The van der Waals surface area contributed by atoms with Crippen molar-refractivity contribution in [2.75, 3.05) is 0 Å². The lowest BCUT2D eigenvalue weighted by Crippen LogP contribution is -2.25. The summed E-state index contributed by atoms with van der Waals surface area (Å²) in [5.74, 6) is 0. The highest BCUT2D eigenvalue weighted by Crippen LogP contribution is 2.30. The Balaban J connectivity index is 1.77. The van der Waals surface area contributed by atoms with Gasteiger partial charge in [-0.05, 0) is 46.8 Å². The SMILES string of the molecule is Cn1nnc(Br)c1S(=O)(=O)NCc1cc2c(s1)CCC2. The van der Waals surface area contributed by atoms with Gasteiger partial charge >= 0.3 is 0 Å². The number of sulfonamides is 1. The van der Waals surface area contributed by atoms with E-state index in [-0.39, 0.29) is 9.63 Å². The van der Waals surface area contributed by atoms with Crippen LogP contribution in [0.5, 0.6) is 0 Å². The van der Waals surface area contributed by atoms with Crippen molar-refractivity contribution in [1.82, 2.24) is 19.7 Å². The first-order valence-corrected chi connectivity index (χ1v) is 9.22. The van der Waals surface area contributed by atoms with Crippen molar-refractivity contribution in [2.24, 2.45) is 7.05 Å². The van der Waals surface area contributed by atoms with Crippen LogP contribution in [-0.2, 0) is 36.5 Å². The second-order valence-electron chi connectivity index (χ2n) is 4.65. The number of hydrogen-bond acceptors (Lipinski definition) is 5. The fourth-order valence-corrected chi connectivity index (χ4v) is 5.71. The summed E-state index contributed by atoms with van der Waals surface area (Å²) in [6.45, 7) is 0.303. The highest BCUT2D eigenvalue weighted by molar-refractivity contribution is 9.10. The molecule has 1 N–H and O–H groups in total. The number of nitrogens with zero attached hydrogens (tertiary/aromatic N) is 3. The standard InChI is InChI=1S/C11H13BrN4O2S2/c1-16-11(10(12)14-15-16)20(17,18)13-6-8-5-7-3-2-4-9(7)19-8/h5,13H,2-4,6H2,1H3. The summed E-state index contributed by atoms with van der Waals surface area (Å²) in [6, 6.07) is 2.10. The zero-order chi connectivity index (χ0) is 14.3. The van der Waals surface area contributed by atoms with Crippen LogP contribution in [0.15, 0.2) is 15.7 Å². The van der Waals surface area contributed by atoms with Gasteiger partial charge in [-0.3, -0.25) is 0 Å². The van der Waals surface area contributed by atoms with E-state index in [0.717, 1.165) is 17.7 Å². The third kappa shape index (κ3) is 2.54. The van der Waals surface area contributed by atoms with Crippen LogP contribution in [-0.4, -0.2) is 23.4 Å². The van der Waals surface area contributed by atoms with Crippen LogP contribution in [0.2, 0.25) is 0 Å². The van der Waals surface area contributed by atoms with Crippen LogP contribution in [0.25, 0.3) is 0 Å². The molecular formula is C11H13BrN4O2S2. The first-order valence-electron chi connectivity index (χ1n) is 6.12. The van der Waals surface area contributed by atoms with Gasteiger partial charge in [0.2, 0.25) is 5.03 Å². The number of halogens is 1. The molecule has 2 aromatic heterocycles. The molecule has 6 nitrogen and oxygen atoms in total. The Labute approximate surface area is 129 Å². The van der Waals surface area contributed by atoms with Gasteiger partial charge in [0, 0.05) is 23.3 Å². The molecule has 0 radical (unpaired) electrons. The Kier molecular flexibility index (Phi) is 3.69. The number of rotatable bonds is 4. The zero-order valence-electron chi connectivity index (χ0n) is 10.8. The summed E-state index contributed by atoms with van der Waals surface area (Å²) < 4.78 is 28.6. The number of nitrogens with one attached hydrogen (secondary N) is 1. The van der Waals surface area contributed by atoms with Crippen molar-refractivity contribution in [3.8, 4) is 0 Å². The van der Waals surface area contributed by atoms with Crippen LogP contribution in [0, 0.1) is 0 Å². The molecule has 0 fully saturated rings. The summed E-state index contributed by atoms with van der Waals surface area (Å²) >= 11 is 4.80. The summed E-state index contributed by atoms with van der Waals surface area (Å²) in [6.07, 6.45) is 3.43. The summed E-state index contributed by atoms with van der Waals surface area (Å²) in [4.78, 5) is 2.44. The normalized spacial score (nSPS) is 14.7. The summed E-state index contributed by atoms with van der Waals surface area (Å²) in [5.41, 5.74) is 1.37. The highest BCUT2D eigenvalue weighted by atomic mass is 79.9. The minimum atomic E-state index is -3.62. The summed E-state index contributed by atoms with van der Waals surface area (Å²) in [7, 11) is -2.07. The molecule has 20 heavy (non-hydrogen) atoms. The highest BCUT2D eigenvalue weighted by Gasteiger charge is 2.24. The molecule has 0 spiro atoms. The van der Waals surface area contributed by atoms with Crippen molar-refractivity contribution in [2.45, 2.75) is 30.8 Å². The van der Waals surface area contributed by atoms with Gasteiger partial charge in [0.15, 0.2) is 4.60 Å². The van der Waals surface area contributed by atoms with Crippen molar-refractivity contribution in [1.29, 1.82) is 0 Å². The van der Waals surface area contributed by atoms with E-state index in [4.69, 9.17) is 0 Å². The number of hydrogen-bond donors (Lipinski definition) is 1. The Morgan fingerprint density at radius 3 is 2.95 bits per heavy atom. The predicted octanol–water partition coefficient (Wildman–Crippen LogP) is 1.61. The van der Waals surface area contributed by atoms with Gasteiger partial charge < -0.3 is 0 Å². The predicted molar refractivity (Wildman–Crippen MR) is 79.1 cm³/mol.